The summed E-state index contributed by atoms with van der Waals surface area (Å²) in [7, 11) is 1.60. The van der Waals surface area contributed by atoms with Gasteiger partial charge in [0.2, 0.25) is 11.8 Å². The van der Waals surface area contributed by atoms with Gasteiger partial charge in [-0.05, 0) is 44.4 Å². The van der Waals surface area contributed by atoms with Gasteiger partial charge in [-0.2, -0.15) is 4.98 Å². The van der Waals surface area contributed by atoms with Crippen LogP contribution in [0.1, 0.15) is 32.3 Å². The van der Waals surface area contributed by atoms with E-state index in [0.717, 1.165) is 30.7 Å². The molecule has 2 amide bonds. The highest BCUT2D eigenvalue weighted by atomic mass is 32.1. The molecule has 0 radical (unpaired) electrons. The fourth-order valence-corrected chi connectivity index (χ4v) is 5.01. The lowest BCUT2D eigenvalue weighted by atomic mass is 9.97. The zero-order valence-electron chi connectivity index (χ0n) is 20.1. The van der Waals surface area contributed by atoms with Gasteiger partial charge < -0.3 is 20.3 Å². The monoisotopic (exact) mass is 498 g/mol. The topological polar surface area (TPSA) is 118 Å². The summed E-state index contributed by atoms with van der Waals surface area (Å²) in [6.45, 7) is 5.43. The van der Waals surface area contributed by atoms with Gasteiger partial charge >= 0.3 is 0 Å². The van der Waals surface area contributed by atoms with Gasteiger partial charge in [0.05, 0.1) is 13.0 Å². The Morgan fingerprint density at radius 1 is 1.26 bits per heavy atom. The van der Waals surface area contributed by atoms with Gasteiger partial charge in [-0.1, -0.05) is 23.5 Å². The first-order valence-electron chi connectivity index (χ1n) is 11.6. The van der Waals surface area contributed by atoms with Crippen molar-refractivity contribution in [3.8, 4) is 5.75 Å². The number of aromatic nitrogens is 3. The summed E-state index contributed by atoms with van der Waals surface area (Å²) in [5.74, 6) is 0.391. The van der Waals surface area contributed by atoms with Gasteiger partial charge in [0.25, 0.3) is 5.56 Å². The molecule has 3 heterocycles. The van der Waals surface area contributed by atoms with Crippen LogP contribution < -0.4 is 25.8 Å². The summed E-state index contributed by atoms with van der Waals surface area (Å²) in [6, 6.07) is 7.49. The number of anilines is 1. The van der Waals surface area contributed by atoms with Gasteiger partial charge in [0.1, 0.15) is 23.3 Å². The second kappa shape index (κ2) is 10.9. The van der Waals surface area contributed by atoms with Crippen LogP contribution in [-0.2, 0) is 22.7 Å². The molecule has 1 fully saturated rings. The number of methoxy groups -OCH3 is 1. The highest BCUT2D eigenvalue weighted by Crippen LogP contribution is 2.29. The third-order valence-corrected chi connectivity index (χ3v) is 6.92. The van der Waals surface area contributed by atoms with E-state index in [4.69, 9.17) is 4.74 Å². The summed E-state index contributed by atoms with van der Waals surface area (Å²) >= 11 is 1.26. The molecule has 0 bridgehead atoms. The Morgan fingerprint density at radius 3 is 2.74 bits per heavy atom. The van der Waals surface area contributed by atoms with E-state index in [1.54, 1.807) is 7.11 Å². The van der Waals surface area contributed by atoms with Crippen molar-refractivity contribution in [1.29, 1.82) is 0 Å². The molecule has 1 aliphatic rings. The van der Waals surface area contributed by atoms with E-state index < -0.39 is 0 Å². The Bertz CT molecular complexity index is 1250. The molecule has 0 spiro atoms. The fourth-order valence-electron chi connectivity index (χ4n) is 4.00. The maximum Gasteiger partial charge on any atom is 0.273 e. The normalized spacial score (nSPS) is 15.9. The summed E-state index contributed by atoms with van der Waals surface area (Å²) < 4.78 is 6.83. The largest absolute Gasteiger partial charge is 0.497 e. The number of hydrogen-bond donors (Lipinski definition) is 2. The number of carbonyl (C=O) groups excluding carboxylic acids is 2. The number of rotatable bonds is 8. The molecule has 0 unspecified atom stereocenters. The molecule has 0 saturated carbocycles. The predicted octanol–water partition coefficient (Wildman–Crippen LogP) is 1.92. The van der Waals surface area contributed by atoms with Crippen molar-refractivity contribution < 1.29 is 14.3 Å². The predicted molar refractivity (Wildman–Crippen MR) is 135 cm³/mol. The average molecular weight is 499 g/mol. The van der Waals surface area contributed by atoms with Gasteiger partial charge in [0, 0.05) is 25.7 Å². The maximum atomic E-state index is 13.0. The summed E-state index contributed by atoms with van der Waals surface area (Å²) in [4.78, 5) is 48.8. The van der Waals surface area contributed by atoms with Crippen LogP contribution in [0.25, 0.3) is 10.3 Å². The minimum atomic E-state index is -0.301. The smallest absolute Gasteiger partial charge is 0.273 e. The van der Waals surface area contributed by atoms with Crippen LogP contribution in [0.15, 0.2) is 35.4 Å². The molecule has 10 nitrogen and oxygen atoms in total. The number of piperidine rings is 1. The quantitative estimate of drug-likeness (QED) is 0.487. The van der Waals surface area contributed by atoms with Gasteiger partial charge in [-0.15, -0.1) is 0 Å². The highest BCUT2D eigenvalue weighted by Gasteiger charge is 2.28. The molecule has 2 aromatic heterocycles. The maximum absolute atomic E-state index is 13.0. The molecule has 186 valence electrons. The average Bonchev–Trinajstić information content (AvgIpc) is 3.30. The zero-order valence-corrected chi connectivity index (χ0v) is 20.9. The Hall–Kier alpha value is -3.47. The van der Waals surface area contributed by atoms with Gasteiger partial charge in [0.15, 0.2) is 10.8 Å². The number of fused-ring (bicyclic) bond motifs is 1. The molecule has 1 saturated heterocycles. The standard InChI is InChI=1S/C24H30N6O4S/c1-15(2)27-22(32)17-5-4-10-29(12-17)24-28-21-20(35-24)23(33)30(14-26-21)13-19(31)25-11-16-6-8-18(34-3)9-7-16/h6-9,14-15,17H,4-5,10-13H2,1-3H3,(H,25,31)(H,27,32)/t17-/m1/s1. The molecule has 11 heteroatoms. The van der Waals surface area contributed by atoms with Crippen LogP contribution in [0.4, 0.5) is 5.13 Å². The minimum Gasteiger partial charge on any atom is -0.497 e. The minimum absolute atomic E-state index is 0.0481. The first kappa shape index (κ1) is 24.6. The second-order valence-electron chi connectivity index (χ2n) is 8.90. The second-order valence-corrected chi connectivity index (χ2v) is 9.88. The number of nitrogens with one attached hydrogen (secondary N) is 2. The number of ether oxygens (including phenoxy) is 1. The lowest BCUT2D eigenvalue weighted by molar-refractivity contribution is -0.125. The lowest BCUT2D eigenvalue weighted by Gasteiger charge is -2.32. The van der Waals surface area contributed by atoms with Crippen LogP contribution >= 0.6 is 11.3 Å². The van der Waals surface area contributed by atoms with Crippen LogP contribution in [0.3, 0.4) is 0 Å². The van der Waals surface area contributed by atoms with Crippen LogP contribution in [0, 0.1) is 5.92 Å². The number of amides is 2. The summed E-state index contributed by atoms with van der Waals surface area (Å²) in [5, 5.41) is 6.47. The molecular formula is C24H30N6O4S. The van der Waals surface area contributed by atoms with E-state index in [1.807, 2.05) is 43.0 Å². The number of carbonyl (C=O) groups is 2. The molecule has 4 rings (SSSR count). The van der Waals surface area contributed by atoms with Crippen LogP contribution in [0.5, 0.6) is 5.75 Å². The Balaban J connectivity index is 1.42. The third-order valence-electron chi connectivity index (χ3n) is 5.83. The molecule has 35 heavy (non-hydrogen) atoms. The fraction of sp³-hybridized carbons (Fsp3) is 0.458. The van der Waals surface area contributed by atoms with E-state index >= 15 is 0 Å². The number of thiazole rings is 1. The van der Waals surface area contributed by atoms with Crippen molar-refractivity contribution in [2.24, 2.45) is 5.92 Å². The molecule has 1 aromatic carbocycles. The molecule has 0 aliphatic carbocycles. The van der Waals surface area contributed by atoms with E-state index in [0.29, 0.717) is 28.6 Å². The molecule has 1 atom stereocenters. The van der Waals surface area contributed by atoms with Crippen molar-refractivity contribution in [3.63, 3.8) is 0 Å². The van der Waals surface area contributed by atoms with Crippen molar-refractivity contribution >= 4 is 38.6 Å². The van der Waals surface area contributed by atoms with E-state index in [2.05, 4.69) is 20.6 Å². The first-order valence-corrected chi connectivity index (χ1v) is 12.5. The third kappa shape index (κ3) is 5.97. The molecule has 2 N–H and O–H groups in total. The van der Waals surface area contributed by atoms with Crippen molar-refractivity contribution in [1.82, 2.24) is 25.2 Å². The Kier molecular flexibility index (Phi) is 7.64. The molecule has 3 aromatic rings. The van der Waals surface area contributed by atoms with E-state index in [1.165, 1.54) is 22.2 Å². The van der Waals surface area contributed by atoms with Gasteiger partial charge in [-0.3, -0.25) is 19.0 Å². The van der Waals surface area contributed by atoms with Crippen molar-refractivity contribution in [2.45, 2.75) is 45.8 Å². The SMILES string of the molecule is COc1ccc(CNC(=O)Cn2cnc3nc(N4CCC[C@@H](C(=O)NC(C)C)C4)sc3c2=O)cc1. The zero-order chi connectivity index (χ0) is 24.9. The van der Waals surface area contributed by atoms with E-state index in [-0.39, 0.29) is 35.9 Å². The molecular weight excluding hydrogens is 468 g/mol. The summed E-state index contributed by atoms with van der Waals surface area (Å²) in [5.41, 5.74) is 0.984. The van der Waals surface area contributed by atoms with Crippen molar-refractivity contribution in [2.75, 3.05) is 25.1 Å². The van der Waals surface area contributed by atoms with Crippen molar-refractivity contribution in [3.05, 3.63) is 46.5 Å². The number of benzene rings is 1. The van der Waals surface area contributed by atoms with Crippen LogP contribution in [-0.4, -0.2) is 52.6 Å². The number of hydrogen-bond acceptors (Lipinski definition) is 8. The van der Waals surface area contributed by atoms with Gasteiger partial charge in [-0.25, -0.2) is 4.98 Å². The Labute approximate surface area is 207 Å². The van der Waals surface area contributed by atoms with E-state index in [9.17, 15) is 14.4 Å². The molecule has 1 aliphatic heterocycles. The summed E-state index contributed by atoms with van der Waals surface area (Å²) in [6.07, 6.45) is 3.06. The van der Waals surface area contributed by atoms with Crippen LogP contribution in [0.2, 0.25) is 0 Å². The highest BCUT2D eigenvalue weighted by molar-refractivity contribution is 7.22. The Morgan fingerprint density at radius 2 is 2.03 bits per heavy atom. The first-order chi connectivity index (χ1) is 16.8. The lowest BCUT2D eigenvalue weighted by Crippen LogP contribution is -2.44. The number of nitrogens with zero attached hydrogens (tertiary/aromatic N) is 4.